The van der Waals surface area contributed by atoms with E-state index < -0.39 is 31.6 Å². The molecule has 5 rings (SSSR count). The summed E-state index contributed by atoms with van der Waals surface area (Å²) in [5, 5.41) is 9.69. The summed E-state index contributed by atoms with van der Waals surface area (Å²) in [4.78, 5) is 31.3. The van der Waals surface area contributed by atoms with Crippen molar-refractivity contribution in [2.75, 3.05) is 18.1 Å². The van der Waals surface area contributed by atoms with Gasteiger partial charge in [-0.15, -0.1) is 0 Å². The van der Waals surface area contributed by atoms with Crippen molar-refractivity contribution < 1.29 is 23.5 Å². The van der Waals surface area contributed by atoms with E-state index in [9.17, 15) is 14.7 Å². The molecule has 0 aliphatic carbocycles. The molecule has 3 aromatic rings. The number of carbonyl (C=O) groups is 2. The SMILES string of the molecule is C[C@@H]1[C@@H]([Si](C)(C)F)[C@H](CC(=O)N(CCO)Cc2ccccc2)O[C@@]12C(=O)N(c1ccccc1)c1ccc(Br)cc12. The van der Waals surface area contributed by atoms with Crippen LogP contribution in [-0.2, 0) is 26.5 Å². The van der Waals surface area contributed by atoms with Crippen molar-refractivity contribution in [2.24, 2.45) is 5.92 Å². The summed E-state index contributed by atoms with van der Waals surface area (Å²) in [7, 11) is -3.43. The van der Waals surface area contributed by atoms with Gasteiger partial charge in [-0.05, 0) is 49.0 Å². The van der Waals surface area contributed by atoms with Crippen molar-refractivity contribution in [3.8, 4) is 0 Å². The van der Waals surface area contributed by atoms with Crippen molar-refractivity contribution in [2.45, 2.75) is 50.2 Å². The Morgan fingerprint density at radius 3 is 2.38 bits per heavy atom. The molecule has 9 heteroatoms. The minimum Gasteiger partial charge on any atom is -0.395 e. The van der Waals surface area contributed by atoms with Gasteiger partial charge >= 0.3 is 0 Å². The molecule has 1 spiro atoms. The number of benzene rings is 3. The molecule has 0 aromatic heterocycles. The highest BCUT2D eigenvalue weighted by Gasteiger charge is 2.67. The number of fused-ring (bicyclic) bond motifs is 2. The first-order chi connectivity index (χ1) is 19.1. The van der Waals surface area contributed by atoms with Gasteiger partial charge in [-0.3, -0.25) is 14.5 Å². The summed E-state index contributed by atoms with van der Waals surface area (Å²) >= 11 is 3.55. The predicted molar refractivity (Wildman–Crippen MR) is 159 cm³/mol. The number of hydrogen-bond donors (Lipinski definition) is 1. The second-order valence-electron chi connectivity index (χ2n) is 11.1. The second-order valence-corrected chi connectivity index (χ2v) is 15.8. The van der Waals surface area contributed by atoms with Gasteiger partial charge in [-0.25, -0.2) is 0 Å². The third kappa shape index (κ3) is 5.04. The summed E-state index contributed by atoms with van der Waals surface area (Å²) in [6.45, 7) is 5.42. The standard InChI is InChI=1S/C31H34BrFN2O4Si/c1-21-29(40(2,3)33)27(19-28(37)34(16-17-36)20-22-10-6-4-7-11-22)39-31(21)25-18-23(32)14-15-26(25)35(30(31)38)24-12-8-5-9-13-24/h4-15,18,21,27,29,36H,16-17,19-20H2,1-3H3/t21-,27+,29-,31+/m1/s1. The highest BCUT2D eigenvalue weighted by molar-refractivity contribution is 9.10. The van der Waals surface area contributed by atoms with Crippen LogP contribution in [-0.4, -0.2) is 49.5 Å². The van der Waals surface area contributed by atoms with Gasteiger partial charge in [0.15, 0.2) is 5.60 Å². The predicted octanol–water partition coefficient (Wildman–Crippen LogP) is 6.31. The molecular formula is C31H34BrFN2O4Si. The molecule has 3 aromatic carbocycles. The van der Waals surface area contributed by atoms with Crippen molar-refractivity contribution in [3.63, 3.8) is 0 Å². The highest BCUT2D eigenvalue weighted by atomic mass is 79.9. The average molecular weight is 626 g/mol. The molecule has 1 saturated heterocycles. The Labute approximate surface area is 244 Å². The summed E-state index contributed by atoms with van der Waals surface area (Å²) in [6.07, 6.45) is -0.871. The van der Waals surface area contributed by atoms with Crippen molar-refractivity contribution in [1.29, 1.82) is 0 Å². The smallest absolute Gasteiger partial charge is 0.268 e. The van der Waals surface area contributed by atoms with Crippen molar-refractivity contribution in [3.05, 3.63) is 94.5 Å². The molecule has 2 aliphatic heterocycles. The molecule has 0 radical (unpaired) electrons. The molecule has 1 N–H and O–H groups in total. The first-order valence-electron chi connectivity index (χ1n) is 13.6. The summed E-state index contributed by atoms with van der Waals surface area (Å²) < 4.78 is 23.7. The van der Waals surface area contributed by atoms with Crippen LogP contribution >= 0.6 is 15.9 Å². The largest absolute Gasteiger partial charge is 0.395 e. The Bertz CT molecular complexity index is 1390. The first kappa shape index (κ1) is 28.7. The van der Waals surface area contributed by atoms with Gasteiger partial charge < -0.3 is 18.9 Å². The van der Waals surface area contributed by atoms with E-state index in [1.54, 1.807) is 22.9 Å². The third-order valence-corrected chi connectivity index (χ3v) is 11.1. The number of amides is 2. The zero-order valence-corrected chi connectivity index (χ0v) is 25.5. The minimum absolute atomic E-state index is 0.0775. The van der Waals surface area contributed by atoms with Crippen LogP contribution in [0.3, 0.4) is 0 Å². The molecular weight excluding hydrogens is 591 g/mol. The Balaban J connectivity index is 1.53. The number of rotatable bonds is 8. The quantitative estimate of drug-likeness (QED) is 0.235. The number of carbonyl (C=O) groups excluding carboxylic acids is 2. The summed E-state index contributed by atoms with van der Waals surface area (Å²) in [6, 6.07) is 24.5. The number of nitrogens with zero attached hydrogens (tertiary/aromatic N) is 2. The zero-order valence-electron chi connectivity index (χ0n) is 22.9. The van der Waals surface area contributed by atoms with Crippen LogP contribution in [0, 0.1) is 5.92 Å². The van der Waals surface area contributed by atoms with Gasteiger partial charge in [-0.1, -0.05) is 71.4 Å². The number of aliphatic hydroxyl groups is 1. The lowest BCUT2D eigenvalue weighted by Gasteiger charge is -2.31. The van der Waals surface area contributed by atoms with Gasteiger partial charge in [0.05, 0.1) is 24.8 Å². The van der Waals surface area contributed by atoms with Crippen molar-refractivity contribution >= 4 is 47.5 Å². The zero-order chi connectivity index (χ0) is 28.7. The maximum absolute atomic E-state index is 16.1. The van der Waals surface area contributed by atoms with Gasteiger partial charge in [-0.2, -0.15) is 0 Å². The molecule has 40 heavy (non-hydrogen) atoms. The number of anilines is 2. The molecule has 0 saturated carbocycles. The molecule has 0 unspecified atom stereocenters. The highest BCUT2D eigenvalue weighted by Crippen LogP contribution is 2.61. The van der Waals surface area contributed by atoms with Gasteiger partial charge in [0.2, 0.25) is 14.3 Å². The van der Waals surface area contributed by atoms with Gasteiger partial charge in [0.25, 0.3) is 5.91 Å². The Morgan fingerprint density at radius 1 is 1.10 bits per heavy atom. The Morgan fingerprint density at radius 2 is 1.75 bits per heavy atom. The second kappa shape index (κ2) is 11.2. The number of aliphatic hydroxyl groups excluding tert-OH is 1. The normalized spacial score (nSPS) is 24.0. The first-order valence-corrected chi connectivity index (χ1v) is 17.3. The number of ether oxygens (including phenoxy) is 1. The maximum atomic E-state index is 16.1. The maximum Gasteiger partial charge on any atom is 0.268 e. The van der Waals surface area contributed by atoms with Gasteiger partial charge in [0.1, 0.15) is 0 Å². The fraction of sp³-hybridized carbons (Fsp3) is 0.355. The molecule has 0 bridgehead atoms. The van der Waals surface area contributed by atoms with Crippen molar-refractivity contribution in [1.82, 2.24) is 4.90 Å². The summed E-state index contributed by atoms with van der Waals surface area (Å²) in [5.41, 5.74) is 0.979. The molecule has 210 valence electrons. The minimum atomic E-state index is -3.43. The molecule has 1 fully saturated rings. The fourth-order valence-electron chi connectivity index (χ4n) is 6.50. The van der Waals surface area contributed by atoms with Crippen LogP contribution < -0.4 is 4.90 Å². The monoisotopic (exact) mass is 624 g/mol. The van der Waals surface area contributed by atoms with E-state index in [-0.39, 0.29) is 31.4 Å². The molecule has 6 nitrogen and oxygen atoms in total. The van der Waals surface area contributed by atoms with Crippen LogP contribution in [0.5, 0.6) is 0 Å². The van der Waals surface area contributed by atoms with E-state index in [4.69, 9.17) is 4.74 Å². The summed E-state index contributed by atoms with van der Waals surface area (Å²) in [5.74, 6) is -1.02. The average Bonchev–Trinajstić information content (AvgIpc) is 3.35. The fourth-order valence-corrected chi connectivity index (χ4v) is 9.35. The van der Waals surface area contributed by atoms with E-state index in [2.05, 4.69) is 15.9 Å². The number of halogens is 2. The lowest BCUT2D eigenvalue weighted by Crippen LogP contribution is -2.44. The lowest BCUT2D eigenvalue weighted by atomic mass is 9.82. The van der Waals surface area contributed by atoms with E-state index in [0.717, 1.165) is 10.0 Å². The topological polar surface area (TPSA) is 70.1 Å². The molecule has 2 aliphatic rings. The Hall–Kier alpha value is -2.85. The van der Waals surface area contributed by atoms with E-state index in [0.29, 0.717) is 23.5 Å². The molecule has 4 atom stereocenters. The molecule has 2 heterocycles. The van der Waals surface area contributed by atoms with E-state index >= 15 is 4.11 Å². The van der Waals surface area contributed by atoms with Crippen LogP contribution in [0.2, 0.25) is 18.6 Å². The number of para-hydroxylation sites is 1. The van der Waals surface area contributed by atoms with Crippen LogP contribution in [0.25, 0.3) is 0 Å². The Kier molecular flexibility index (Phi) is 8.03. The molecule has 2 amide bonds. The van der Waals surface area contributed by atoms with E-state index in [1.807, 2.05) is 85.8 Å². The number of hydrogen-bond acceptors (Lipinski definition) is 4. The van der Waals surface area contributed by atoms with Gasteiger partial charge in [0, 0.05) is 40.3 Å². The van der Waals surface area contributed by atoms with Crippen LogP contribution in [0.1, 0.15) is 24.5 Å². The van der Waals surface area contributed by atoms with Crippen LogP contribution in [0.4, 0.5) is 15.5 Å². The lowest BCUT2D eigenvalue weighted by molar-refractivity contribution is -0.149. The van der Waals surface area contributed by atoms with Crippen LogP contribution in [0.15, 0.2) is 83.3 Å². The van der Waals surface area contributed by atoms with E-state index in [1.165, 1.54) is 0 Å². The third-order valence-electron chi connectivity index (χ3n) is 8.16.